The molecule has 0 aromatic heterocycles. The van der Waals surface area contributed by atoms with E-state index in [1.807, 2.05) is 13.0 Å². The number of halogens is 1. The van der Waals surface area contributed by atoms with Gasteiger partial charge in [0.25, 0.3) is 0 Å². The summed E-state index contributed by atoms with van der Waals surface area (Å²) in [7, 11) is 0. The normalized spacial score (nSPS) is 9.88. The molecule has 1 rings (SSSR count). The molecule has 4 nitrogen and oxygen atoms in total. The van der Waals surface area contributed by atoms with Crippen LogP contribution in [-0.4, -0.2) is 17.0 Å². The van der Waals surface area contributed by atoms with Gasteiger partial charge in [0, 0.05) is 16.6 Å². The van der Waals surface area contributed by atoms with Crippen LogP contribution < -0.4 is 5.32 Å². The first-order valence-corrected chi connectivity index (χ1v) is 5.56. The number of anilines is 1. The van der Waals surface area contributed by atoms with Crippen molar-refractivity contribution >= 4 is 33.5 Å². The second kappa shape index (κ2) is 5.65. The van der Waals surface area contributed by atoms with Crippen LogP contribution in [0.25, 0.3) is 0 Å². The van der Waals surface area contributed by atoms with Gasteiger partial charge < -0.3 is 10.4 Å². The highest BCUT2D eigenvalue weighted by Gasteiger charge is 2.06. The monoisotopic (exact) mass is 285 g/mol. The lowest BCUT2D eigenvalue weighted by Gasteiger charge is -2.06. The largest absolute Gasteiger partial charge is 0.481 e. The standard InChI is InChI=1S/C11H12BrNO3/c1-7-2-3-8(6-9(7)12)13-10(14)4-5-11(15)16/h2-3,6H,4-5H2,1H3,(H,13,14)(H,15,16). The Morgan fingerprint density at radius 2 is 2.06 bits per heavy atom. The van der Waals surface area contributed by atoms with Gasteiger partial charge in [0.1, 0.15) is 0 Å². The Kier molecular flexibility index (Phi) is 4.49. The van der Waals surface area contributed by atoms with Crippen LogP contribution in [0, 0.1) is 6.92 Å². The third kappa shape index (κ3) is 4.02. The maximum Gasteiger partial charge on any atom is 0.303 e. The van der Waals surface area contributed by atoms with Crippen molar-refractivity contribution in [2.75, 3.05) is 5.32 Å². The van der Waals surface area contributed by atoms with Gasteiger partial charge in [0.2, 0.25) is 5.91 Å². The minimum Gasteiger partial charge on any atom is -0.481 e. The summed E-state index contributed by atoms with van der Waals surface area (Å²) in [4.78, 5) is 21.6. The highest BCUT2D eigenvalue weighted by molar-refractivity contribution is 9.10. The fourth-order valence-electron chi connectivity index (χ4n) is 1.11. The van der Waals surface area contributed by atoms with Gasteiger partial charge in [-0.05, 0) is 24.6 Å². The van der Waals surface area contributed by atoms with E-state index >= 15 is 0 Å². The number of nitrogens with one attached hydrogen (secondary N) is 1. The molecule has 0 radical (unpaired) electrons. The summed E-state index contributed by atoms with van der Waals surface area (Å²) < 4.78 is 0.906. The Bertz CT molecular complexity index is 418. The lowest BCUT2D eigenvalue weighted by Crippen LogP contribution is -2.13. The second-order valence-electron chi connectivity index (χ2n) is 3.41. The predicted octanol–water partition coefficient (Wildman–Crippen LogP) is 2.56. The SMILES string of the molecule is Cc1ccc(NC(=O)CCC(=O)O)cc1Br. The van der Waals surface area contributed by atoms with Crippen LogP contribution in [0.2, 0.25) is 0 Å². The van der Waals surface area contributed by atoms with Crippen molar-refractivity contribution in [1.29, 1.82) is 0 Å². The number of carbonyl (C=O) groups excluding carboxylic acids is 1. The molecule has 0 aliphatic carbocycles. The molecule has 86 valence electrons. The highest BCUT2D eigenvalue weighted by Crippen LogP contribution is 2.20. The number of carboxylic acids is 1. The molecule has 0 fully saturated rings. The third-order valence-corrected chi connectivity index (χ3v) is 2.88. The molecule has 2 N–H and O–H groups in total. The Morgan fingerprint density at radius 3 is 2.62 bits per heavy atom. The molecular weight excluding hydrogens is 274 g/mol. The van der Waals surface area contributed by atoms with Gasteiger partial charge >= 0.3 is 5.97 Å². The van der Waals surface area contributed by atoms with Crippen molar-refractivity contribution in [1.82, 2.24) is 0 Å². The van der Waals surface area contributed by atoms with Crippen LogP contribution in [0.1, 0.15) is 18.4 Å². The fraction of sp³-hybridized carbons (Fsp3) is 0.273. The van der Waals surface area contributed by atoms with Gasteiger partial charge in [-0.25, -0.2) is 0 Å². The lowest BCUT2D eigenvalue weighted by molar-refractivity contribution is -0.138. The summed E-state index contributed by atoms with van der Waals surface area (Å²) in [5.41, 5.74) is 1.73. The summed E-state index contributed by atoms with van der Waals surface area (Å²) >= 11 is 3.35. The molecule has 16 heavy (non-hydrogen) atoms. The summed E-state index contributed by atoms with van der Waals surface area (Å²) in [6.45, 7) is 1.94. The maximum absolute atomic E-state index is 11.3. The molecule has 0 saturated heterocycles. The van der Waals surface area contributed by atoms with Gasteiger partial charge in [-0.2, -0.15) is 0 Å². The number of rotatable bonds is 4. The lowest BCUT2D eigenvalue weighted by atomic mass is 10.2. The maximum atomic E-state index is 11.3. The number of benzene rings is 1. The van der Waals surface area contributed by atoms with Crippen LogP contribution in [0.5, 0.6) is 0 Å². The average molecular weight is 286 g/mol. The number of aryl methyl sites for hydroxylation is 1. The zero-order valence-electron chi connectivity index (χ0n) is 8.79. The smallest absolute Gasteiger partial charge is 0.303 e. The summed E-state index contributed by atoms with van der Waals surface area (Å²) in [5, 5.41) is 11.1. The van der Waals surface area contributed by atoms with Crippen molar-refractivity contribution in [2.24, 2.45) is 0 Å². The molecule has 5 heteroatoms. The number of hydrogen-bond acceptors (Lipinski definition) is 2. The van der Waals surface area contributed by atoms with E-state index in [2.05, 4.69) is 21.2 Å². The Balaban J connectivity index is 2.56. The zero-order valence-corrected chi connectivity index (χ0v) is 10.4. The Hall–Kier alpha value is -1.36. The topological polar surface area (TPSA) is 66.4 Å². The first-order chi connectivity index (χ1) is 7.49. The van der Waals surface area contributed by atoms with E-state index in [4.69, 9.17) is 5.11 Å². The Labute approximate surface area is 102 Å². The van der Waals surface area contributed by atoms with E-state index in [1.54, 1.807) is 12.1 Å². The van der Waals surface area contributed by atoms with E-state index in [0.29, 0.717) is 5.69 Å². The minimum atomic E-state index is -0.972. The highest BCUT2D eigenvalue weighted by atomic mass is 79.9. The fourth-order valence-corrected chi connectivity index (χ4v) is 1.49. The minimum absolute atomic E-state index is 0.0131. The third-order valence-electron chi connectivity index (χ3n) is 2.02. The van der Waals surface area contributed by atoms with Crippen LogP contribution in [0.15, 0.2) is 22.7 Å². The van der Waals surface area contributed by atoms with Crippen molar-refractivity contribution in [3.8, 4) is 0 Å². The first kappa shape index (κ1) is 12.7. The quantitative estimate of drug-likeness (QED) is 0.894. The van der Waals surface area contributed by atoms with Gasteiger partial charge in [0.15, 0.2) is 0 Å². The molecule has 1 aromatic carbocycles. The number of aliphatic carboxylic acids is 1. The van der Waals surface area contributed by atoms with Gasteiger partial charge in [-0.1, -0.05) is 22.0 Å². The van der Waals surface area contributed by atoms with Crippen molar-refractivity contribution in [3.05, 3.63) is 28.2 Å². The molecule has 0 atom stereocenters. The molecule has 0 spiro atoms. The molecule has 0 bridgehead atoms. The number of carboxylic acid groups (broad SMARTS) is 1. The molecule has 0 aliphatic heterocycles. The van der Waals surface area contributed by atoms with E-state index < -0.39 is 5.97 Å². The molecular formula is C11H12BrNO3. The molecule has 0 heterocycles. The summed E-state index contributed by atoms with van der Waals surface area (Å²) in [5.74, 6) is -1.27. The molecule has 1 aromatic rings. The number of amides is 1. The zero-order chi connectivity index (χ0) is 12.1. The predicted molar refractivity (Wildman–Crippen MR) is 64.4 cm³/mol. The molecule has 0 unspecified atom stereocenters. The van der Waals surface area contributed by atoms with Gasteiger partial charge in [-0.15, -0.1) is 0 Å². The van der Waals surface area contributed by atoms with Gasteiger partial charge in [-0.3, -0.25) is 9.59 Å². The number of carbonyl (C=O) groups is 2. The summed E-state index contributed by atoms with van der Waals surface area (Å²) in [6, 6.07) is 5.43. The van der Waals surface area contributed by atoms with Crippen molar-refractivity contribution in [3.63, 3.8) is 0 Å². The van der Waals surface area contributed by atoms with Gasteiger partial charge in [0.05, 0.1) is 6.42 Å². The summed E-state index contributed by atoms with van der Waals surface area (Å²) in [6.07, 6.45) is -0.167. The van der Waals surface area contributed by atoms with Crippen molar-refractivity contribution in [2.45, 2.75) is 19.8 Å². The van der Waals surface area contributed by atoms with Crippen LogP contribution >= 0.6 is 15.9 Å². The first-order valence-electron chi connectivity index (χ1n) is 4.77. The Morgan fingerprint density at radius 1 is 1.38 bits per heavy atom. The van der Waals surface area contributed by atoms with E-state index in [-0.39, 0.29) is 18.7 Å². The van der Waals surface area contributed by atoms with E-state index in [9.17, 15) is 9.59 Å². The average Bonchev–Trinajstić information content (AvgIpc) is 2.21. The van der Waals surface area contributed by atoms with Crippen LogP contribution in [0.4, 0.5) is 5.69 Å². The molecule has 1 amide bonds. The molecule has 0 saturated carbocycles. The van der Waals surface area contributed by atoms with Crippen molar-refractivity contribution < 1.29 is 14.7 Å². The van der Waals surface area contributed by atoms with Crippen LogP contribution in [0.3, 0.4) is 0 Å². The molecule has 0 aliphatic rings. The van der Waals surface area contributed by atoms with Crippen LogP contribution in [-0.2, 0) is 9.59 Å². The number of hydrogen-bond donors (Lipinski definition) is 2. The second-order valence-corrected chi connectivity index (χ2v) is 4.26. The van der Waals surface area contributed by atoms with E-state index in [1.165, 1.54) is 0 Å². The van der Waals surface area contributed by atoms with E-state index in [0.717, 1.165) is 10.0 Å².